The highest BCUT2D eigenvalue weighted by atomic mass is 79.9. The van der Waals surface area contributed by atoms with Crippen molar-refractivity contribution in [3.8, 4) is 6.01 Å². The molecule has 5 aliphatic rings. The van der Waals surface area contributed by atoms with Gasteiger partial charge in [0.05, 0.1) is 36.0 Å². The number of halogens is 3. The fraction of sp³-hybridized carbons (Fsp3) is 0.656. The van der Waals surface area contributed by atoms with Crippen LogP contribution in [0.25, 0.3) is 10.9 Å². The number of piperidine rings is 1. The Morgan fingerprint density at radius 3 is 2.43 bits per heavy atom. The van der Waals surface area contributed by atoms with Gasteiger partial charge in [0.25, 0.3) is 0 Å². The molecule has 12 heteroatoms. The third-order valence-corrected chi connectivity index (χ3v) is 10.6. The third-order valence-electron chi connectivity index (χ3n) is 9.75. The second-order valence-electron chi connectivity index (χ2n) is 14.1. The molecule has 1 aromatic carbocycles. The van der Waals surface area contributed by atoms with Gasteiger partial charge in [-0.15, -0.1) is 0 Å². The number of carbonyl (C=O) groups is 1. The lowest BCUT2D eigenvalue weighted by Gasteiger charge is -2.42. The number of rotatable bonds is 6. The van der Waals surface area contributed by atoms with E-state index in [1.165, 1.54) is 0 Å². The number of nitrogens with zero attached hydrogens (tertiary/aromatic N) is 5. The van der Waals surface area contributed by atoms with Crippen molar-refractivity contribution in [1.29, 1.82) is 0 Å². The number of fused-ring (bicyclic) bond motifs is 5. The van der Waals surface area contributed by atoms with Crippen LogP contribution in [0.3, 0.4) is 0 Å². The molecule has 5 heterocycles. The summed E-state index contributed by atoms with van der Waals surface area (Å²) >= 11 is 3.47. The SMILES string of the molecule is CC(C)(C)OC(=O)N1CC2CCC(C1)N2c1nc(OCC2(CN3CCC(=CF)CC3)CC2)nc2c(F)c(Br)c3c(c12)COC3. The molecule has 0 spiro atoms. The van der Waals surface area contributed by atoms with Gasteiger partial charge in [0, 0.05) is 55.8 Å². The molecule has 4 fully saturated rings. The minimum absolute atomic E-state index is 0.00160. The molecule has 4 aliphatic heterocycles. The van der Waals surface area contributed by atoms with Crippen molar-refractivity contribution in [3.63, 3.8) is 0 Å². The lowest BCUT2D eigenvalue weighted by Crippen LogP contribution is -2.56. The third kappa shape index (κ3) is 5.66. The molecule has 2 atom stereocenters. The minimum Gasteiger partial charge on any atom is -0.463 e. The molecular weight excluding hydrogens is 636 g/mol. The summed E-state index contributed by atoms with van der Waals surface area (Å²) in [5.74, 6) is 0.213. The molecule has 2 bridgehead atoms. The van der Waals surface area contributed by atoms with Crippen molar-refractivity contribution < 1.29 is 27.8 Å². The van der Waals surface area contributed by atoms with Crippen molar-refractivity contribution in [2.24, 2.45) is 5.41 Å². The number of hydrogen-bond acceptors (Lipinski definition) is 8. The fourth-order valence-electron chi connectivity index (χ4n) is 7.25. The Balaban J connectivity index is 1.18. The number of ether oxygens (including phenoxy) is 3. The highest BCUT2D eigenvalue weighted by molar-refractivity contribution is 9.10. The van der Waals surface area contributed by atoms with Gasteiger partial charge >= 0.3 is 12.1 Å². The lowest BCUT2D eigenvalue weighted by molar-refractivity contribution is 0.0209. The summed E-state index contributed by atoms with van der Waals surface area (Å²) in [6, 6.07) is 0.182. The van der Waals surface area contributed by atoms with Crippen LogP contribution in [0.1, 0.15) is 70.4 Å². The first-order chi connectivity index (χ1) is 21.0. The zero-order valence-electron chi connectivity index (χ0n) is 25.6. The van der Waals surface area contributed by atoms with Gasteiger partial charge in [0.2, 0.25) is 0 Å². The summed E-state index contributed by atoms with van der Waals surface area (Å²) in [4.78, 5) is 29.1. The first-order valence-corrected chi connectivity index (χ1v) is 16.5. The first-order valence-electron chi connectivity index (χ1n) is 15.7. The Labute approximate surface area is 265 Å². The molecule has 0 N–H and O–H groups in total. The van der Waals surface area contributed by atoms with E-state index < -0.39 is 11.4 Å². The topological polar surface area (TPSA) is 80.3 Å². The van der Waals surface area contributed by atoms with Gasteiger partial charge in [-0.3, -0.25) is 0 Å². The van der Waals surface area contributed by atoms with Crippen molar-refractivity contribution in [1.82, 2.24) is 19.8 Å². The highest BCUT2D eigenvalue weighted by Gasteiger charge is 2.47. The number of piperazine rings is 1. The van der Waals surface area contributed by atoms with Crippen LogP contribution < -0.4 is 9.64 Å². The number of anilines is 1. The molecule has 2 unspecified atom stereocenters. The van der Waals surface area contributed by atoms with Gasteiger partial charge in [0.1, 0.15) is 16.9 Å². The summed E-state index contributed by atoms with van der Waals surface area (Å²) in [6.07, 6.45) is 5.82. The standard InChI is InChI=1S/C32H40BrF2N5O4/c1-31(2,3)44-30(41)39-13-20-4-5-21(14-39)40(20)28-24-22-15-42-16-23(22)25(33)26(35)27(24)36-29(37-28)43-18-32(8-9-32)17-38-10-6-19(12-34)7-11-38/h12,20-21H,4-11,13-18H2,1-3H3. The Bertz CT molecular complexity index is 1490. The molecule has 3 saturated heterocycles. The van der Waals surface area contributed by atoms with Crippen LogP contribution in [0.2, 0.25) is 0 Å². The summed E-state index contributed by atoms with van der Waals surface area (Å²) < 4.78 is 47.1. The summed E-state index contributed by atoms with van der Waals surface area (Å²) in [6.45, 7) is 10.3. The van der Waals surface area contributed by atoms with Gasteiger partial charge in [-0.2, -0.15) is 9.97 Å². The van der Waals surface area contributed by atoms with Crippen LogP contribution in [-0.2, 0) is 22.7 Å². The van der Waals surface area contributed by atoms with E-state index in [0.717, 1.165) is 81.2 Å². The molecule has 1 aliphatic carbocycles. The van der Waals surface area contributed by atoms with E-state index in [4.69, 9.17) is 19.2 Å². The van der Waals surface area contributed by atoms with Crippen molar-refractivity contribution in [2.75, 3.05) is 44.2 Å². The zero-order valence-corrected chi connectivity index (χ0v) is 27.2. The Kier molecular flexibility index (Phi) is 7.76. The van der Waals surface area contributed by atoms with Crippen molar-refractivity contribution in [2.45, 2.75) is 90.2 Å². The second-order valence-corrected chi connectivity index (χ2v) is 14.9. The van der Waals surface area contributed by atoms with E-state index in [0.29, 0.717) is 48.6 Å². The highest BCUT2D eigenvalue weighted by Crippen LogP contribution is 2.48. The predicted molar refractivity (Wildman–Crippen MR) is 165 cm³/mol. The van der Waals surface area contributed by atoms with Gasteiger partial charge < -0.3 is 28.9 Å². The van der Waals surface area contributed by atoms with E-state index in [1.54, 1.807) is 4.90 Å². The fourth-order valence-corrected chi connectivity index (χ4v) is 7.79. The maximum absolute atomic E-state index is 16.0. The van der Waals surface area contributed by atoms with Gasteiger partial charge in [-0.25, -0.2) is 13.6 Å². The molecule has 0 radical (unpaired) electrons. The average Bonchev–Trinajstić information content (AvgIpc) is 3.47. The Morgan fingerprint density at radius 1 is 1.11 bits per heavy atom. The average molecular weight is 677 g/mol. The molecule has 2 aromatic rings. The maximum Gasteiger partial charge on any atom is 0.410 e. The number of amides is 1. The van der Waals surface area contributed by atoms with Gasteiger partial charge in [0.15, 0.2) is 5.82 Å². The summed E-state index contributed by atoms with van der Waals surface area (Å²) in [5.41, 5.74) is 2.21. The van der Waals surface area contributed by atoms with E-state index in [1.807, 2.05) is 20.8 Å². The molecule has 1 amide bonds. The Hall–Kier alpha value is -2.57. The quantitative estimate of drug-likeness (QED) is 0.355. The number of benzene rings is 1. The van der Waals surface area contributed by atoms with Crippen LogP contribution in [-0.4, -0.2) is 82.9 Å². The van der Waals surface area contributed by atoms with Gasteiger partial charge in [-0.1, -0.05) is 0 Å². The van der Waals surface area contributed by atoms with E-state index in [9.17, 15) is 9.18 Å². The number of hydrogen-bond donors (Lipinski definition) is 0. The van der Waals surface area contributed by atoms with E-state index in [-0.39, 0.29) is 35.1 Å². The normalized spacial score (nSPS) is 24.5. The molecule has 9 nitrogen and oxygen atoms in total. The van der Waals surface area contributed by atoms with E-state index in [2.05, 4.69) is 30.7 Å². The number of likely N-dealkylation sites (tertiary alicyclic amines) is 2. The lowest BCUT2D eigenvalue weighted by atomic mass is 10.0. The molecule has 1 saturated carbocycles. The van der Waals surface area contributed by atoms with Crippen molar-refractivity contribution >= 4 is 38.7 Å². The van der Waals surface area contributed by atoms with Crippen LogP contribution in [0.15, 0.2) is 16.4 Å². The zero-order chi connectivity index (χ0) is 30.8. The minimum atomic E-state index is -0.574. The summed E-state index contributed by atoms with van der Waals surface area (Å²) in [7, 11) is 0. The molecule has 7 rings (SSSR count). The van der Waals surface area contributed by atoms with Crippen LogP contribution in [0.5, 0.6) is 6.01 Å². The number of aromatic nitrogens is 2. The smallest absolute Gasteiger partial charge is 0.410 e. The maximum atomic E-state index is 16.0. The van der Waals surface area contributed by atoms with Crippen molar-refractivity contribution in [3.05, 3.63) is 33.3 Å². The number of carbonyl (C=O) groups excluding carboxylic acids is 1. The predicted octanol–water partition coefficient (Wildman–Crippen LogP) is 6.26. The molecule has 1 aromatic heterocycles. The summed E-state index contributed by atoms with van der Waals surface area (Å²) in [5, 5.41) is 0.666. The van der Waals surface area contributed by atoms with Crippen LogP contribution >= 0.6 is 15.9 Å². The van der Waals surface area contributed by atoms with Crippen LogP contribution in [0.4, 0.5) is 19.4 Å². The van der Waals surface area contributed by atoms with Crippen LogP contribution in [0, 0.1) is 11.2 Å². The monoisotopic (exact) mass is 675 g/mol. The van der Waals surface area contributed by atoms with Gasteiger partial charge in [-0.05, 0) is 86.4 Å². The first kappa shape index (κ1) is 30.1. The van der Waals surface area contributed by atoms with E-state index >= 15 is 4.39 Å². The molecular formula is C32H40BrF2N5O4. The molecule has 44 heavy (non-hydrogen) atoms. The molecule has 238 valence electrons. The largest absolute Gasteiger partial charge is 0.463 e. The Morgan fingerprint density at radius 2 is 1.80 bits per heavy atom. The second kappa shape index (κ2) is 11.3.